The van der Waals surface area contributed by atoms with Crippen LogP contribution in [0.4, 0.5) is 0 Å². The minimum absolute atomic E-state index is 0.749. The molecule has 0 aliphatic heterocycles. The summed E-state index contributed by atoms with van der Waals surface area (Å²) in [6.45, 7) is 4.82. The molecule has 2 aliphatic rings. The number of fused-ring (bicyclic) bond motifs is 2. The zero-order valence-corrected chi connectivity index (χ0v) is 9.77. The fourth-order valence-electron chi connectivity index (χ4n) is 4.01. The maximum Gasteiger partial charge on any atom is -0.00901 e. The molecule has 2 aromatic carbocycles. The molecule has 0 nitrogen and oxygen atoms in total. The van der Waals surface area contributed by atoms with Crippen LogP contribution in [0.3, 0.4) is 0 Å². The van der Waals surface area contributed by atoms with Gasteiger partial charge in [-0.1, -0.05) is 50.2 Å². The normalized spacial score (nSPS) is 34.9. The highest BCUT2D eigenvalue weighted by Crippen LogP contribution is 2.64. The first-order valence-electron chi connectivity index (χ1n) is 6.30. The lowest BCUT2D eigenvalue weighted by Gasteiger charge is -2.22. The molecule has 4 atom stereocenters. The third-order valence-corrected chi connectivity index (χ3v) is 4.84. The molecule has 2 aromatic rings. The van der Waals surface area contributed by atoms with E-state index in [1.807, 2.05) is 0 Å². The Kier molecular flexibility index (Phi) is 1.48. The molecule has 16 heavy (non-hydrogen) atoms. The maximum atomic E-state index is 2.41. The molecule has 0 heterocycles. The van der Waals surface area contributed by atoms with Crippen molar-refractivity contribution in [1.29, 1.82) is 0 Å². The van der Waals surface area contributed by atoms with Crippen LogP contribution in [-0.2, 0) is 0 Å². The van der Waals surface area contributed by atoms with Crippen molar-refractivity contribution in [1.82, 2.24) is 0 Å². The average Bonchev–Trinajstić information content (AvgIpc) is 2.98. The topological polar surface area (TPSA) is 0 Å². The summed E-state index contributed by atoms with van der Waals surface area (Å²) in [4.78, 5) is 0. The highest BCUT2D eigenvalue weighted by atomic mass is 14.6. The van der Waals surface area contributed by atoms with Crippen molar-refractivity contribution in [3.8, 4) is 0 Å². The molecular formula is C16H16. The summed E-state index contributed by atoms with van der Waals surface area (Å²) in [7, 11) is 0. The van der Waals surface area contributed by atoms with Gasteiger partial charge in [-0.25, -0.2) is 0 Å². The standard InChI is InChI=1S/C16H16/c1-9-12-7-3-5-11-6-4-8-13(16(11)12)15-10(2)14(9)15/h3-10,14-15H,1-2H3. The van der Waals surface area contributed by atoms with E-state index in [0.717, 1.165) is 23.7 Å². The quantitative estimate of drug-likeness (QED) is 0.605. The second-order valence-electron chi connectivity index (χ2n) is 5.54. The van der Waals surface area contributed by atoms with Crippen LogP contribution < -0.4 is 0 Å². The van der Waals surface area contributed by atoms with Crippen molar-refractivity contribution in [2.24, 2.45) is 11.8 Å². The molecule has 0 N–H and O–H groups in total. The third kappa shape index (κ3) is 0.870. The van der Waals surface area contributed by atoms with Gasteiger partial charge in [-0.15, -0.1) is 0 Å². The molecular weight excluding hydrogens is 192 g/mol. The van der Waals surface area contributed by atoms with Crippen LogP contribution >= 0.6 is 0 Å². The van der Waals surface area contributed by atoms with Gasteiger partial charge in [-0.2, -0.15) is 0 Å². The number of hydrogen-bond donors (Lipinski definition) is 0. The lowest BCUT2D eigenvalue weighted by Crippen LogP contribution is -2.05. The van der Waals surface area contributed by atoms with Gasteiger partial charge in [0, 0.05) is 0 Å². The molecule has 1 fully saturated rings. The maximum absolute atomic E-state index is 2.41. The lowest BCUT2D eigenvalue weighted by molar-refractivity contribution is 0.609. The molecule has 2 aliphatic carbocycles. The van der Waals surface area contributed by atoms with Gasteiger partial charge >= 0.3 is 0 Å². The summed E-state index contributed by atoms with van der Waals surface area (Å²) in [6.07, 6.45) is 0. The van der Waals surface area contributed by atoms with E-state index >= 15 is 0 Å². The highest BCUT2D eigenvalue weighted by Gasteiger charge is 2.53. The molecule has 1 saturated carbocycles. The van der Waals surface area contributed by atoms with Crippen LogP contribution in [-0.4, -0.2) is 0 Å². The van der Waals surface area contributed by atoms with Gasteiger partial charge < -0.3 is 0 Å². The Morgan fingerprint density at radius 2 is 1.56 bits per heavy atom. The van der Waals surface area contributed by atoms with E-state index in [1.54, 1.807) is 16.5 Å². The van der Waals surface area contributed by atoms with E-state index in [2.05, 4.69) is 50.2 Å². The van der Waals surface area contributed by atoms with Gasteiger partial charge in [0.05, 0.1) is 0 Å². The first-order chi connectivity index (χ1) is 7.79. The number of benzene rings is 2. The highest BCUT2D eigenvalue weighted by molar-refractivity contribution is 5.91. The van der Waals surface area contributed by atoms with Gasteiger partial charge in [0.2, 0.25) is 0 Å². The Morgan fingerprint density at radius 3 is 2.31 bits per heavy atom. The van der Waals surface area contributed by atoms with Gasteiger partial charge in [0.15, 0.2) is 0 Å². The van der Waals surface area contributed by atoms with E-state index in [9.17, 15) is 0 Å². The first kappa shape index (κ1) is 8.81. The van der Waals surface area contributed by atoms with Crippen LogP contribution in [0.25, 0.3) is 10.8 Å². The van der Waals surface area contributed by atoms with Gasteiger partial charge in [0.1, 0.15) is 0 Å². The number of hydrogen-bond acceptors (Lipinski definition) is 0. The molecule has 0 spiro atoms. The van der Waals surface area contributed by atoms with E-state index in [0.29, 0.717) is 0 Å². The van der Waals surface area contributed by atoms with Crippen molar-refractivity contribution in [2.75, 3.05) is 0 Å². The molecule has 80 valence electrons. The predicted octanol–water partition coefficient (Wildman–Crippen LogP) is 4.31. The van der Waals surface area contributed by atoms with E-state index < -0.39 is 0 Å². The van der Waals surface area contributed by atoms with Gasteiger partial charge in [0.25, 0.3) is 0 Å². The van der Waals surface area contributed by atoms with Crippen molar-refractivity contribution < 1.29 is 0 Å². The molecule has 0 saturated heterocycles. The smallest absolute Gasteiger partial charge is 0.00901 e. The molecule has 0 bridgehead atoms. The van der Waals surface area contributed by atoms with Crippen molar-refractivity contribution in [3.63, 3.8) is 0 Å². The van der Waals surface area contributed by atoms with Gasteiger partial charge in [-0.3, -0.25) is 0 Å². The second-order valence-corrected chi connectivity index (χ2v) is 5.54. The fourth-order valence-corrected chi connectivity index (χ4v) is 4.01. The molecule has 0 aromatic heterocycles. The molecule has 4 unspecified atom stereocenters. The van der Waals surface area contributed by atoms with E-state index in [1.165, 1.54) is 5.39 Å². The second kappa shape index (κ2) is 2.68. The minimum Gasteiger partial charge on any atom is -0.0616 e. The summed E-state index contributed by atoms with van der Waals surface area (Å²) in [6, 6.07) is 13.6. The Labute approximate surface area is 96.3 Å². The van der Waals surface area contributed by atoms with Crippen LogP contribution in [0, 0.1) is 11.8 Å². The lowest BCUT2D eigenvalue weighted by atomic mass is 9.82. The summed E-state index contributed by atoms with van der Waals surface area (Å²) in [5.41, 5.74) is 3.20. The van der Waals surface area contributed by atoms with Crippen LogP contribution in [0.2, 0.25) is 0 Å². The van der Waals surface area contributed by atoms with Crippen LogP contribution in [0.15, 0.2) is 36.4 Å². The summed E-state index contributed by atoms with van der Waals surface area (Å²) in [5.74, 6) is 3.38. The van der Waals surface area contributed by atoms with Crippen LogP contribution in [0.1, 0.15) is 36.8 Å². The predicted molar refractivity (Wildman–Crippen MR) is 67.8 cm³/mol. The summed E-state index contributed by atoms with van der Waals surface area (Å²) >= 11 is 0. The van der Waals surface area contributed by atoms with Crippen molar-refractivity contribution in [3.05, 3.63) is 47.5 Å². The Hall–Kier alpha value is -1.30. The zero-order chi connectivity index (χ0) is 10.9. The number of rotatable bonds is 0. The average molecular weight is 208 g/mol. The third-order valence-electron chi connectivity index (χ3n) is 4.84. The van der Waals surface area contributed by atoms with E-state index in [-0.39, 0.29) is 0 Å². The molecule has 0 amide bonds. The minimum atomic E-state index is 0.749. The van der Waals surface area contributed by atoms with E-state index in [4.69, 9.17) is 0 Å². The fraction of sp³-hybridized carbons (Fsp3) is 0.375. The summed E-state index contributed by atoms with van der Waals surface area (Å²) < 4.78 is 0. The Morgan fingerprint density at radius 1 is 0.875 bits per heavy atom. The van der Waals surface area contributed by atoms with Crippen molar-refractivity contribution >= 4 is 10.8 Å². The monoisotopic (exact) mass is 208 g/mol. The Bertz CT molecular complexity index is 574. The first-order valence-corrected chi connectivity index (χ1v) is 6.30. The largest absolute Gasteiger partial charge is 0.0616 e. The summed E-state index contributed by atoms with van der Waals surface area (Å²) in [5, 5.41) is 2.99. The van der Waals surface area contributed by atoms with Gasteiger partial charge in [-0.05, 0) is 45.6 Å². The molecule has 0 heteroatoms. The molecule has 0 radical (unpaired) electrons. The Balaban J connectivity index is 2.14. The van der Waals surface area contributed by atoms with Crippen molar-refractivity contribution in [2.45, 2.75) is 25.7 Å². The SMILES string of the molecule is CC1c2cccc3cccc(c23)C2C(C)C12. The molecule has 4 rings (SSSR count). The zero-order valence-electron chi connectivity index (χ0n) is 9.77. The van der Waals surface area contributed by atoms with Crippen LogP contribution in [0.5, 0.6) is 0 Å².